The van der Waals surface area contributed by atoms with Crippen LogP contribution in [0.25, 0.3) is 28.3 Å². The summed E-state index contributed by atoms with van der Waals surface area (Å²) in [5.74, 6) is 1.82. The van der Waals surface area contributed by atoms with Crippen LogP contribution in [-0.4, -0.2) is 21.5 Å². The molecule has 1 aromatic heterocycles. The number of para-hydroxylation sites is 5. The summed E-state index contributed by atoms with van der Waals surface area (Å²) in [5, 5.41) is 0. The third-order valence-electron chi connectivity index (χ3n) is 11.1. The fourth-order valence-corrected chi connectivity index (χ4v) is 7.96. The van der Waals surface area contributed by atoms with Gasteiger partial charge in [0.2, 0.25) is 0 Å². The largest absolute Gasteiger partial charge is 0.338 e. The predicted molar refractivity (Wildman–Crippen MR) is 283 cm³/mol. The van der Waals surface area contributed by atoms with E-state index in [1.165, 1.54) is 0 Å². The van der Waals surface area contributed by atoms with Crippen LogP contribution in [0.2, 0.25) is 0 Å². The molecule has 0 aliphatic heterocycles. The average molecular weight is 871 g/mol. The Morgan fingerprint density at radius 2 is 0.896 bits per heavy atom. The minimum atomic E-state index is 0.601. The van der Waals surface area contributed by atoms with Crippen LogP contribution < -0.4 is 14.7 Å². The standard InChI is InChI=1S/C59H50N6.C2H4/c1-2-23-46(24-22-45-63(50-27-12-5-13-28-50)49-25-10-3-4-11-26-49)57-60-58(47-37-41-55(42-38-47)64(51-29-14-6-15-30-51)52-31-16-7-17-32-52)62-59(61-57)48-39-43-56(44-40-48)65(53-33-18-8-19-34-53)54-35-20-9-21-36-54;1-2/h3-10,12-44H,2,11,45H2,1H3;1-2H2/b24-22-,46-23+;. The van der Waals surface area contributed by atoms with E-state index in [0.717, 1.165) is 75.1 Å². The van der Waals surface area contributed by atoms with Gasteiger partial charge in [-0.25, -0.2) is 15.0 Å². The summed E-state index contributed by atoms with van der Waals surface area (Å²) in [7, 11) is 0. The van der Waals surface area contributed by atoms with Gasteiger partial charge in [0.15, 0.2) is 17.5 Å². The SMILES string of the molecule is C=C.CC/C=C(\C=C/CN(C1=CCC=CC=C1)c1ccccc1)c1nc(-c2ccc(N(c3ccccc3)c3ccccc3)cc2)nc(-c2ccc(N(c3ccccc3)c3ccccc3)cc2)n1. The van der Waals surface area contributed by atoms with Crippen molar-refractivity contribution in [3.63, 3.8) is 0 Å². The lowest BCUT2D eigenvalue weighted by molar-refractivity contribution is 1.02. The normalized spacial score (nSPS) is 12.1. The summed E-state index contributed by atoms with van der Waals surface area (Å²) < 4.78 is 0. The number of hydrogen-bond donors (Lipinski definition) is 0. The summed E-state index contributed by atoms with van der Waals surface area (Å²) in [6.07, 6.45) is 19.1. The van der Waals surface area contributed by atoms with Crippen LogP contribution >= 0.6 is 0 Å². The fourth-order valence-electron chi connectivity index (χ4n) is 7.96. The summed E-state index contributed by atoms with van der Waals surface area (Å²) >= 11 is 0. The summed E-state index contributed by atoms with van der Waals surface area (Å²) in [6.45, 7) is 8.81. The first-order valence-corrected chi connectivity index (χ1v) is 22.7. The minimum Gasteiger partial charge on any atom is -0.338 e. The van der Waals surface area contributed by atoms with Gasteiger partial charge < -0.3 is 14.7 Å². The molecule has 0 atom stereocenters. The maximum atomic E-state index is 5.21. The Hall–Kier alpha value is -8.61. The molecule has 0 unspecified atom stereocenters. The fraction of sp³-hybridized carbons (Fsp3) is 0.0656. The Kier molecular flexibility index (Phi) is 15.3. The number of anilines is 7. The van der Waals surface area contributed by atoms with Crippen LogP contribution in [0.4, 0.5) is 39.8 Å². The number of benzene rings is 7. The molecule has 9 rings (SSSR count). The van der Waals surface area contributed by atoms with Crippen LogP contribution in [0, 0.1) is 0 Å². The highest BCUT2D eigenvalue weighted by Crippen LogP contribution is 2.37. The van der Waals surface area contributed by atoms with Crippen molar-refractivity contribution in [1.29, 1.82) is 0 Å². The zero-order valence-electron chi connectivity index (χ0n) is 37.9. The average Bonchev–Trinajstić information content (AvgIpc) is 3.70. The summed E-state index contributed by atoms with van der Waals surface area (Å²) in [4.78, 5) is 22.5. The second-order valence-corrected chi connectivity index (χ2v) is 15.5. The first-order chi connectivity index (χ1) is 33.2. The van der Waals surface area contributed by atoms with Crippen LogP contribution in [0.15, 0.2) is 268 Å². The number of aromatic nitrogens is 3. The number of nitrogens with zero attached hydrogens (tertiary/aromatic N) is 6. The highest BCUT2D eigenvalue weighted by atomic mass is 15.2. The van der Waals surface area contributed by atoms with E-state index >= 15 is 0 Å². The van der Waals surface area contributed by atoms with E-state index in [1.54, 1.807) is 0 Å². The van der Waals surface area contributed by atoms with E-state index in [-0.39, 0.29) is 0 Å². The van der Waals surface area contributed by atoms with Gasteiger partial charge >= 0.3 is 0 Å². The van der Waals surface area contributed by atoms with Crippen molar-refractivity contribution in [3.8, 4) is 22.8 Å². The molecule has 67 heavy (non-hydrogen) atoms. The van der Waals surface area contributed by atoms with Gasteiger partial charge in [0.1, 0.15) is 0 Å². The molecule has 1 aliphatic rings. The van der Waals surface area contributed by atoms with Crippen molar-refractivity contribution in [2.75, 3.05) is 21.2 Å². The van der Waals surface area contributed by atoms with Crippen molar-refractivity contribution >= 4 is 45.4 Å². The van der Waals surface area contributed by atoms with Gasteiger partial charge in [0.05, 0.1) is 0 Å². The minimum absolute atomic E-state index is 0.601. The number of rotatable bonds is 15. The third kappa shape index (κ3) is 11.2. The lowest BCUT2D eigenvalue weighted by Gasteiger charge is -2.25. The highest BCUT2D eigenvalue weighted by Gasteiger charge is 2.18. The first-order valence-electron chi connectivity index (χ1n) is 22.7. The molecule has 0 spiro atoms. The van der Waals surface area contributed by atoms with Crippen LogP contribution in [-0.2, 0) is 0 Å². The smallest absolute Gasteiger partial charge is 0.164 e. The molecule has 0 radical (unpaired) electrons. The van der Waals surface area contributed by atoms with E-state index in [2.05, 4.69) is 259 Å². The van der Waals surface area contributed by atoms with E-state index in [0.29, 0.717) is 24.0 Å². The molecular formula is C61H54N6. The monoisotopic (exact) mass is 870 g/mol. The molecule has 8 aromatic rings. The Labute approximate surface area is 395 Å². The lowest BCUT2D eigenvalue weighted by Crippen LogP contribution is -2.21. The highest BCUT2D eigenvalue weighted by molar-refractivity contribution is 5.80. The van der Waals surface area contributed by atoms with Gasteiger partial charge in [0.25, 0.3) is 0 Å². The van der Waals surface area contributed by atoms with Gasteiger partial charge in [-0.05, 0) is 128 Å². The quantitative estimate of drug-likeness (QED) is 0.0756. The zero-order valence-corrected chi connectivity index (χ0v) is 37.9. The molecule has 0 N–H and O–H groups in total. The van der Waals surface area contributed by atoms with Gasteiger partial charge in [-0.2, -0.15) is 0 Å². The van der Waals surface area contributed by atoms with Crippen molar-refractivity contribution < 1.29 is 0 Å². The summed E-state index contributed by atoms with van der Waals surface area (Å²) in [5.41, 5.74) is 11.4. The van der Waals surface area contributed by atoms with E-state index in [9.17, 15) is 0 Å². The van der Waals surface area contributed by atoms with Gasteiger partial charge in [-0.1, -0.05) is 140 Å². The zero-order chi connectivity index (χ0) is 46.0. The number of allylic oxidation sites excluding steroid dienone is 8. The summed E-state index contributed by atoms with van der Waals surface area (Å²) in [6, 6.07) is 69.3. The molecule has 7 aromatic carbocycles. The van der Waals surface area contributed by atoms with E-state index in [4.69, 9.17) is 15.0 Å². The molecule has 6 nitrogen and oxygen atoms in total. The Bertz CT molecular complexity index is 2720. The van der Waals surface area contributed by atoms with Crippen molar-refractivity contribution in [1.82, 2.24) is 15.0 Å². The second-order valence-electron chi connectivity index (χ2n) is 15.5. The third-order valence-corrected chi connectivity index (χ3v) is 11.1. The van der Waals surface area contributed by atoms with Crippen molar-refractivity contribution in [2.45, 2.75) is 19.8 Å². The number of hydrogen-bond acceptors (Lipinski definition) is 6. The molecule has 1 heterocycles. The molecule has 0 amide bonds. The Balaban J connectivity index is 0.00000300. The maximum Gasteiger partial charge on any atom is 0.164 e. The Morgan fingerprint density at radius 1 is 0.493 bits per heavy atom. The molecule has 328 valence electrons. The Morgan fingerprint density at radius 3 is 1.31 bits per heavy atom. The maximum absolute atomic E-state index is 5.21. The second kappa shape index (κ2) is 22.8. The van der Waals surface area contributed by atoms with Crippen LogP contribution in [0.3, 0.4) is 0 Å². The van der Waals surface area contributed by atoms with Crippen LogP contribution in [0.1, 0.15) is 25.6 Å². The molecular weight excluding hydrogens is 817 g/mol. The first kappa shape index (κ1) is 45.0. The van der Waals surface area contributed by atoms with Crippen molar-refractivity contribution in [2.24, 2.45) is 0 Å². The van der Waals surface area contributed by atoms with Gasteiger partial charge in [-0.3, -0.25) is 0 Å². The van der Waals surface area contributed by atoms with Gasteiger partial charge in [0, 0.05) is 68.8 Å². The predicted octanol–water partition coefficient (Wildman–Crippen LogP) is 16.2. The van der Waals surface area contributed by atoms with Gasteiger partial charge in [-0.15, -0.1) is 13.2 Å². The molecule has 0 saturated heterocycles. The van der Waals surface area contributed by atoms with E-state index in [1.807, 2.05) is 24.3 Å². The van der Waals surface area contributed by atoms with Crippen LogP contribution in [0.5, 0.6) is 0 Å². The van der Waals surface area contributed by atoms with Crippen molar-refractivity contribution in [3.05, 3.63) is 273 Å². The molecule has 0 bridgehead atoms. The van der Waals surface area contributed by atoms with E-state index < -0.39 is 0 Å². The topological polar surface area (TPSA) is 48.4 Å². The molecule has 1 aliphatic carbocycles. The molecule has 6 heteroatoms. The molecule has 0 saturated carbocycles. The molecule has 0 fully saturated rings. The lowest BCUT2D eigenvalue weighted by atomic mass is 10.1.